The number of hydrogen-bond donors (Lipinski definition) is 1. The highest BCUT2D eigenvalue weighted by Gasteiger charge is 2.55. The average molecular weight is 261 g/mol. The minimum Gasteiger partial charge on any atom is -0.317 e. The Labute approximate surface area is 118 Å². The molecule has 1 heteroatoms. The molecular weight excluding hydrogens is 230 g/mol. The van der Waals surface area contributed by atoms with Crippen LogP contribution >= 0.6 is 0 Å². The molecule has 2 unspecified atom stereocenters. The van der Waals surface area contributed by atoms with Gasteiger partial charge in [-0.1, -0.05) is 13.3 Å². The molecule has 4 saturated carbocycles. The van der Waals surface area contributed by atoms with Gasteiger partial charge in [-0.25, -0.2) is 0 Å². The SMILES string of the molecule is CCCC12CC3CC(C1)C(C1CCNCC1)C(C3)C2. The van der Waals surface area contributed by atoms with Crippen molar-refractivity contribution in [3.63, 3.8) is 0 Å². The van der Waals surface area contributed by atoms with Crippen LogP contribution in [0.4, 0.5) is 0 Å². The van der Waals surface area contributed by atoms with Crippen LogP contribution in [0.1, 0.15) is 64.7 Å². The van der Waals surface area contributed by atoms with Crippen molar-refractivity contribution in [1.82, 2.24) is 5.32 Å². The summed E-state index contributed by atoms with van der Waals surface area (Å²) in [5.74, 6) is 5.59. The summed E-state index contributed by atoms with van der Waals surface area (Å²) in [4.78, 5) is 0. The largest absolute Gasteiger partial charge is 0.317 e. The van der Waals surface area contributed by atoms with Gasteiger partial charge in [-0.2, -0.15) is 0 Å². The molecule has 4 aliphatic carbocycles. The smallest absolute Gasteiger partial charge is 0.00462 e. The Morgan fingerprint density at radius 2 is 1.63 bits per heavy atom. The molecule has 1 N–H and O–H groups in total. The first kappa shape index (κ1) is 12.7. The van der Waals surface area contributed by atoms with Gasteiger partial charge >= 0.3 is 0 Å². The van der Waals surface area contributed by atoms with Gasteiger partial charge in [0.25, 0.3) is 0 Å². The number of nitrogens with one attached hydrogen (secondary N) is 1. The van der Waals surface area contributed by atoms with Crippen LogP contribution in [0.5, 0.6) is 0 Å². The molecule has 19 heavy (non-hydrogen) atoms. The molecule has 0 amide bonds. The van der Waals surface area contributed by atoms with Gasteiger partial charge in [-0.05, 0) is 99.5 Å². The van der Waals surface area contributed by atoms with Gasteiger partial charge in [0, 0.05) is 0 Å². The molecule has 2 atom stereocenters. The Kier molecular flexibility index (Phi) is 3.17. The standard InChI is InChI=1S/C18H31N/c1-2-5-18-10-13-8-15(11-18)17(16(9-13)12-18)14-3-6-19-7-4-14/h13-17,19H,2-12H2,1H3. The van der Waals surface area contributed by atoms with Gasteiger partial charge in [-0.3, -0.25) is 0 Å². The predicted octanol–water partition coefficient (Wildman–Crippen LogP) is 4.23. The molecule has 1 nitrogen and oxygen atoms in total. The van der Waals surface area contributed by atoms with Crippen molar-refractivity contribution in [2.75, 3.05) is 13.1 Å². The van der Waals surface area contributed by atoms with Gasteiger partial charge in [0.05, 0.1) is 0 Å². The maximum absolute atomic E-state index is 3.56. The summed E-state index contributed by atoms with van der Waals surface area (Å²) in [6.45, 7) is 5.00. The Morgan fingerprint density at radius 3 is 2.26 bits per heavy atom. The zero-order chi connectivity index (χ0) is 12.9. The lowest BCUT2D eigenvalue weighted by Crippen LogP contribution is -2.53. The normalized spacial score (nSPS) is 49.7. The predicted molar refractivity (Wildman–Crippen MR) is 80.0 cm³/mol. The summed E-state index contributed by atoms with van der Waals surface area (Å²) in [5.41, 5.74) is 0.814. The Bertz CT molecular complexity index is 315. The highest BCUT2D eigenvalue weighted by molar-refractivity contribution is 5.06. The number of hydrogen-bond acceptors (Lipinski definition) is 1. The van der Waals surface area contributed by atoms with Crippen LogP contribution < -0.4 is 5.32 Å². The Balaban J connectivity index is 1.54. The van der Waals surface area contributed by atoms with E-state index >= 15 is 0 Å². The van der Waals surface area contributed by atoms with E-state index in [9.17, 15) is 0 Å². The molecule has 5 fully saturated rings. The number of piperidine rings is 1. The van der Waals surface area contributed by atoms with E-state index in [0.29, 0.717) is 0 Å². The second kappa shape index (κ2) is 4.76. The zero-order valence-corrected chi connectivity index (χ0v) is 12.7. The summed E-state index contributed by atoms with van der Waals surface area (Å²) in [6, 6.07) is 0. The molecule has 1 heterocycles. The molecule has 1 aliphatic heterocycles. The molecule has 0 aromatic carbocycles. The van der Waals surface area contributed by atoms with Gasteiger partial charge in [0.1, 0.15) is 0 Å². The maximum atomic E-state index is 3.56. The van der Waals surface area contributed by atoms with Crippen LogP contribution in [-0.4, -0.2) is 13.1 Å². The summed E-state index contributed by atoms with van der Waals surface area (Å²) >= 11 is 0. The minimum atomic E-state index is 0.814. The van der Waals surface area contributed by atoms with Crippen LogP contribution in [0.25, 0.3) is 0 Å². The van der Waals surface area contributed by atoms with Crippen LogP contribution in [0, 0.1) is 35.0 Å². The van der Waals surface area contributed by atoms with Crippen molar-refractivity contribution in [3.8, 4) is 0 Å². The summed E-state index contributed by atoms with van der Waals surface area (Å²) in [6.07, 6.45) is 14.0. The fraction of sp³-hybridized carbons (Fsp3) is 1.00. The van der Waals surface area contributed by atoms with Gasteiger partial charge < -0.3 is 5.32 Å². The Hall–Kier alpha value is -0.0400. The van der Waals surface area contributed by atoms with Crippen molar-refractivity contribution in [3.05, 3.63) is 0 Å². The fourth-order valence-corrected chi connectivity index (χ4v) is 7.07. The molecule has 0 aromatic heterocycles. The van der Waals surface area contributed by atoms with E-state index in [0.717, 1.165) is 35.0 Å². The third kappa shape index (κ3) is 2.07. The second-order valence-corrected chi connectivity index (χ2v) is 8.38. The van der Waals surface area contributed by atoms with E-state index in [1.807, 2.05) is 0 Å². The van der Waals surface area contributed by atoms with Crippen molar-refractivity contribution in [1.29, 1.82) is 0 Å². The summed E-state index contributed by atoms with van der Waals surface area (Å²) < 4.78 is 0. The lowest BCUT2D eigenvalue weighted by molar-refractivity contribution is -0.119. The fourth-order valence-electron chi connectivity index (χ4n) is 7.07. The highest BCUT2D eigenvalue weighted by atomic mass is 14.9. The lowest BCUT2D eigenvalue weighted by Gasteiger charge is -2.62. The van der Waals surface area contributed by atoms with Crippen LogP contribution in [0.2, 0.25) is 0 Å². The first-order valence-corrected chi connectivity index (χ1v) is 9.00. The molecule has 0 radical (unpaired) electrons. The van der Waals surface area contributed by atoms with E-state index in [-0.39, 0.29) is 0 Å². The van der Waals surface area contributed by atoms with E-state index in [1.165, 1.54) is 38.8 Å². The molecule has 1 saturated heterocycles. The summed E-state index contributed by atoms with van der Waals surface area (Å²) in [7, 11) is 0. The highest BCUT2D eigenvalue weighted by Crippen LogP contribution is 2.65. The average Bonchev–Trinajstić information content (AvgIpc) is 2.38. The molecule has 5 rings (SSSR count). The third-order valence-corrected chi connectivity index (χ3v) is 7.18. The Morgan fingerprint density at radius 1 is 0.947 bits per heavy atom. The van der Waals surface area contributed by atoms with E-state index < -0.39 is 0 Å². The van der Waals surface area contributed by atoms with E-state index in [2.05, 4.69) is 12.2 Å². The molecular formula is C18H31N. The minimum absolute atomic E-state index is 0.814. The molecule has 5 aliphatic rings. The third-order valence-electron chi connectivity index (χ3n) is 7.18. The molecule has 108 valence electrons. The van der Waals surface area contributed by atoms with Crippen molar-refractivity contribution in [2.24, 2.45) is 35.0 Å². The van der Waals surface area contributed by atoms with Crippen molar-refractivity contribution >= 4 is 0 Å². The molecule has 4 bridgehead atoms. The van der Waals surface area contributed by atoms with Gasteiger partial charge in [0.2, 0.25) is 0 Å². The monoisotopic (exact) mass is 261 g/mol. The maximum Gasteiger partial charge on any atom is -0.00462 e. The quantitative estimate of drug-likeness (QED) is 0.801. The van der Waals surface area contributed by atoms with E-state index in [1.54, 1.807) is 32.1 Å². The number of rotatable bonds is 3. The van der Waals surface area contributed by atoms with Crippen molar-refractivity contribution in [2.45, 2.75) is 64.7 Å². The first-order valence-electron chi connectivity index (χ1n) is 9.00. The molecule has 0 aromatic rings. The second-order valence-electron chi connectivity index (χ2n) is 8.38. The lowest BCUT2D eigenvalue weighted by atomic mass is 9.43. The van der Waals surface area contributed by atoms with Crippen LogP contribution in [0.15, 0.2) is 0 Å². The van der Waals surface area contributed by atoms with Crippen molar-refractivity contribution < 1.29 is 0 Å². The van der Waals surface area contributed by atoms with Gasteiger partial charge in [0.15, 0.2) is 0 Å². The summed E-state index contributed by atoms with van der Waals surface area (Å²) in [5, 5.41) is 3.56. The zero-order valence-electron chi connectivity index (χ0n) is 12.7. The van der Waals surface area contributed by atoms with Gasteiger partial charge in [-0.15, -0.1) is 0 Å². The van der Waals surface area contributed by atoms with Crippen LogP contribution in [-0.2, 0) is 0 Å². The topological polar surface area (TPSA) is 12.0 Å². The van der Waals surface area contributed by atoms with Crippen LogP contribution in [0.3, 0.4) is 0 Å². The molecule has 0 spiro atoms. The first-order chi connectivity index (χ1) is 9.30. The van der Waals surface area contributed by atoms with E-state index in [4.69, 9.17) is 0 Å².